The molecule has 4 N–H and O–H groups in total. The Morgan fingerprint density at radius 2 is 2.13 bits per heavy atom. The summed E-state index contributed by atoms with van der Waals surface area (Å²) in [5.74, 6) is -1.55. The second-order valence-electron chi connectivity index (χ2n) is 2.82. The summed E-state index contributed by atoms with van der Waals surface area (Å²) in [5, 5.41) is 28.2. The lowest BCUT2D eigenvalue weighted by Gasteiger charge is -2.06. The van der Waals surface area contributed by atoms with E-state index >= 15 is 0 Å². The molecule has 0 aliphatic heterocycles. The topological polar surface area (TPSA) is 127 Å². The molecule has 0 saturated heterocycles. The number of benzene rings is 1. The van der Waals surface area contributed by atoms with E-state index in [1.807, 2.05) is 0 Å². The van der Waals surface area contributed by atoms with E-state index in [9.17, 15) is 20.0 Å². The summed E-state index contributed by atoms with van der Waals surface area (Å²) in [6.45, 7) is 0. The molecule has 0 bridgehead atoms. The largest absolute Gasteiger partial charge is 0.479 e. The molecule has 0 aliphatic rings. The lowest BCUT2D eigenvalue weighted by atomic mass is 10.1. The Labute approximate surface area is 83.9 Å². The number of aliphatic carboxylic acids is 1. The van der Waals surface area contributed by atoms with Gasteiger partial charge in [-0.3, -0.25) is 10.1 Å². The molecule has 0 radical (unpaired) electrons. The van der Waals surface area contributed by atoms with Gasteiger partial charge in [0.25, 0.3) is 5.69 Å². The van der Waals surface area contributed by atoms with Crippen molar-refractivity contribution in [2.24, 2.45) is 0 Å². The Morgan fingerprint density at radius 1 is 1.53 bits per heavy atom. The lowest BCUT2D eigenvalue weighted by Crippen LogP contribution is -2.12. The van der Waals surface area contributed by atoms with Crippen molar-refractivity contribution in [3.63, 3.8) is 0 Å². The van der Waals surface area contributed by atoms with Crippen molar-refractivity contribution in [3.8, 4) is 0 Å². The molecule has 7 nitrogen and oxygen atoms in total. The summed E-state index contributed by atoms with van der Waals surface area (Å²) in [6, 6.07) is 3.40. The molecule has 1 aromatic rings. The second kappa shape index (κ2) is 3.93. The van der Waals surface area contributed by atoms with Gasteiger partial charge in [0, 0.05) is 11.8 Å². The average molecular weight is 212 g/mol. The number of hydrogen-bond donors (Lipinski definition) is 3. The number of nitrogens with two attached hydrogens (primary N) is 1. The molecule has 1 unspecified atom stereocenters. The number of anilines is 1. The van der Waals surface area contributed by atoms with Gasteiger partial charge in [-0.2, -0.15) is 0 Å². The summed E-state index contributed by atoms with van der Waals surface area (Å²) < 4.78 is 0. The van der Waals surface area contributed by atoms with Crippen molar-refractivity contribution in [2.45, 2.75) is 6.10 Å². The van der Waals surface area contributed by atoms with Gasteiger partial charge in [0.05, 0.1) is 10.5 Å². The zero-order chi connectivity index (χ0) is 11.6. The molecule has 0 heterocycles. The number of aliphatic hydroxyl groups is 1. The molecule has 0 spiro atoms. The molecule has 80 valence electrons. The smallest absolute Gasteiger partial charge is 0.337 e. The fourth-order valence-electron chi connectivity index (χ4n) is 1.08. The highest BCUT2D eigenvalue weighted by Crippen LogP contribution is 2.27. The van der Waals surface area contributed by atoms with E-state index in [1.165, 1.54) is 6.07 Å². The summed E-state index contributed by atoms with van der Waals surface area (Å²) in [6.07, 6.45) is -1.92. The maximum absolute atomic E-state index is 10.5. The van der Waals surface area contributed by atoms with Crippen molar-refractivity contribution in [1.82, 2.24) is 0 Å². The monoisotopic (exact) mass is 212 g/mol. The molecule has 0 amide bonds. The maximum atomic E-state index is 10.5. The number of hydrogen-bond acceptors (Lipinski definition) is 5. The van der Waals surface area contributed by atoms with Crippen molar-refractivity contribution >= 4 is 17.3 Å². The first-order valence-corrected chi connectivity index (χ1v) is 3.88. The van der Waals surface area contributed by atoms with Crippen LogP contribution in [0.15, 0.2) is 18.2 Å². The van der Waals surface area contributed by atoms with Gasteiger partial charge in [0.15, 0.2) is 6.10 Å². The van der Waals surface area contributed by atoms with E-state index < -0.39 is 22.7 Å². The van der Waals surface area contributed by atoms with Crippen LogP contribution in [0.1, 0.15) is 11.7 Å². The third-order valence-corrected chi connectivity index (χ3v) is 1.78. The van der Waals surface area contributed by atoms with Crippen molar-refractivity contribution in [3.05, 3.63) is 33.9 Å². The number of carboxylic acids is 1. The number of carbonyl (C=O) groups is 1. The van der Waals surface area contributed by atoms with E-state index in [2.05, 4.69) is 0 Å². The Kier molecular flexibility index (Phi) is 2.86. The molecule has 1 rings (SSSR count). The van der Waals surface area contributed by atoms with Crippen molar-refractivity contribution in [1.29, 1.82) is 0 Å². The van der Waals surface area contributed by atoms with E-state index in [1.54, 1.807) is 0 Å². The maximum Gasteiger partial charge on any atom is 0.337 e. The van der Waals surface area contributed by atoms with E-state index in [-0.39, 0.29) is 11.3 Å². The highest BCUT2D eigenvalue weighted by atomic mass is 16.6. The molecule has 7 heteroatoms. The van der Waals surface area contributed by atoms with Crippen LogP contribution in [-0.2, 0) is 4.79 Å². The second-order valence-corrected chi connectivity index (χ2v) is 2.82. The normalized spacial score (nSPS) is 12.1. The Bertz CT molecular complexity index is 417. The predicted molar refractivity (Wildman–Crippen MR) is 50.1 cm³/mol. The lowest BCUT2D eigenvalue weighted by molar-refractivity contribution is -0.386. The van der Waals surface area contributed by atoms with E-state index in [0.29, 0.717) is 0 Å². The first kappa shape index (κ1) is 10.9. The third kappa shape index (κ3) is 2.20. The predicted octanol–water partition coefficient (Wildman–Crippen LogP) is 0.295. The molecule has 1 aromatic carbocycles. The minimum absolute atomic E-state index is 0.128. The first-order valence-electron chi connectivity index (χ1n) is 3.88. The standard InChI is InChI=1S/C8H8N2O5/c9-4-1-2-5(7(11)8(12)13)6(3-4)10(14)15/h1-3,7,11H,9H2,(H,12,13). The Balaban J connectivity index is 3.28. The van der Waals surface area contributed by atoms with E-state index in [4.69, 9.17) is 10.8 Å². The van der Waals surface area contributed by atoms with Gasteiger partial charge in [-0.15, -0.1) is 0 Å². The van der Waals surface area contributed by atoms with Crippen LogP contribution in [0.5, 0.6) is 0 Å². The number of aliphatic hydroxyl groups excluding tert-OH is 1. The van der Waals surface area contributed by atoms with Crippen LogP contribution < -0.4 is 5.73 Å². The zero-order valence-corrected chi connectivity index (χ0v) is 7.45. The summed E-state index contributed by atoms with van der Waals surface area (Å²) in [7, 11) is 0. The van der Waals surface area contributed by atoms with Crippen LogP contribution in [0.2, 0.25) is 0 Å². The fourth-order valence-corrected chi connectivity index (χ4v) is 1.08. The minimum Gasteiger partial charge on any atom is -0.479 e. The zero-order valence-electron chi connectivity index (χ0n) is 7.45. The van der Waals surface area contributed by atoms with Crippen molar-refractivity contribution in [2.75, 3.05) is 5.73 Å². The Hall–Kier alpha value is -2.15. The summed E-state index contributed by atoms with van der Waals surface area (Å²) >= 11 is 0. The summed E-state index contributed by atoms with van der Waals surface area (Å²) in [5.41, 5.74) is 4.64. The van der Waals surface area contributed by atoms with Crippen molar-refractivity contribution < 1.29 is 19.9 Å². The van der Waals surface area contributed by atoms with Crippen LogP contribution >= 0.6 is 0 Å². The van der Waals surface area contributed by atoms with Gasteiger partial charge in [-0.25, -0.2) is 4.79 Å². The third-order valence-electron chi connectivity index (χ3n) is 1.78. The fraction of sp³-hybridized carbons (Fsp3) is 0.125. The number of nitrogens with zero attached hydrogens (tertiary/aromatic N) is 1. The highest BCUT2D eigenvalue weighted by molar-refractivity contribution is 5.76. The molecule has 15 heavy (non-hydrogen) atoms. The quantitative estimate of drug-likeness (QED) is 0.375. The first-order chi connectivity index (χ1) is 6.93. The number of nitro benzene ring substituents is 1. The number of nitro groups is 1. The molecular formula is C8H8N2O5. The van der Waals surface area contributed by atoms with Gasteiger partial charge in [0.2, 0.25) is 0 Å². The van der Waals surface area contributed by atoms with E-state index in [0.717, 1.165) is 12.1 Å². The SMILES string of the molecule is Nc1ccc(C(O)C(=O)O)c([N+](=O)[O-])c1. The molecule has 0 fully saturated rings. The van der Waals surface area contributed by atoms with Gasteiger partial charge in [0.1, 0.15) is 0 Å². The number of nitrogen functional groups attached to an aromatic ring is 1. The average Bonchev–Trinajstić information content (AvgIpc) is 2.16. The molecule has 0 aliphatic carbocycles. The van der Waals surface area contributed by atoms with Crippen LogP contribution in [0.25, 0.3) is 0 Å². The number of rotatable bonds is 3. The van der Waals surface area contributed by atoms with Gasteiger partial charge < -0.3 is 15.9 Å². The minimum atomic E-state index is -1.92. The van der Waals surface area contributed by atoms with Crippen LogP contribution in [-0.4, -0.2) is 21.1 Å². The van der Waals surface area contributed by atoms with Crippen LogP contribution in [0.3, 0.4) is 0 Å². The molecule has 1 atom stereocenters. The highest BCUT2D eigenvalue weighted by Gasteiger charge is 2.25. The van der Waals surface area contributed by atoms with Gasteiger partial charge in [-0.1, -0.05) is 0 Å². The Morgan fingerprint density at radius 3 is 2.60 bits per heavy atom. The van der Waals surface area contributed by atoms with Crippen LogP contribution in [0, 0.1) is 10.1 Å². The molecule has 0 aromatic heterocycles. The van der Waals surface area contributed by atoms with Gasteiger partial charge >= 0.3 is 5.97 Å². The molecule has 0 saturated carbocycles. The summed E-state index contributed by atoms with van der Waals surface area (Å²) in [4.78, 5) is 20.2. The molecular weight excluding hydrogens is 204 g/mol. The van der Waals surface area contributed by atoms with Crippen LogP contribution in [0.4, 0.5) is 11.4 Å². The number of carboxylic acid groups (broad SMARTS) is 1. The van der Waals surface area contributed by atoms with Gasteiger partial charge in [-0.05, 0) is 12.1 Å².